The van der Waals surface area contributed by atoms with Crippen molar-refractivity contribution in [3.63, 3.8) is 0 Å². The van der Waals surface area contributed by atoms with Crippen LogP contribution in [-0.2, 0) is 0 Å². The number of rotatable bonds is 4. The molecule has 0 aliphatic heterocycles. The standard InChI is InChI=1S/C17H20N8O3/c26-12-3-1-2-10(12)20-15-22-13-8(6-11-14(27)23-17(28)21-11)7-18-25(13)16(24-15)19-9-4-5-9/h6-7,9-10,12,26-27H,1-5H2,(H,19,20,24)(H2,21,23,28)/t10-,12-/m0/s1. The minimum Gasteiger partial charge on any atom is -0.493 e. The first-order valence-corrected chi connectivity index (χ1v) is 9.34. The number of nitrogens with one attached hydrogen (secondary N) is 3. The smallest absolute Gasteiger partial charge is 0.326 e. The molecule has 0 unspecified atom stereocenters. The van der Waals surface area contributed by atoms with Gasteiger partial charge in [-0.15, -0.1) is 0 Å². The molecule has 0 aromatic carbocycles. The van der Waals surface area contributed by atoms with Gasteiger partial charge in [0, 0.05) is 5.22 Å². The zero-order valence-electron chi connectivity index (χ0n) is 15.0. The molecule has 2 fully saturated rings. The third kappa shape index (κ3) is 3.13. The second-order valence-electron chi connectivity index (χ2n) is 7.28. The molecule has 0 bridgehead atoms. The number of aliphatic hydroxyl groups is 1. The molecule has 3 heterocycles. The number of aromatic nitrogens is 6. The summed E-state index contributed by atoms with van der Waals surface area (Å²) in [5, 5.41) is 28.1. The van der Waals surface area contributed by atoms with E-state index < -0.39 is 11.8 Å². The Morgan fingerprint density at radius 1 is 1.25 bits per heavy atom. The Morgan fingerprint density at radius 3 is 2.79 bits per heavy atom. The fourth-order valence-corrected chi connectivity index (χ4v) is 3.42. The molecule has 0 amide bonds. The molecule has 5 rings (SSSR count). The Hall–Kier alpha value is -3.21. The molecule has 11 nitrogen and oxygen atoms in total. The van der Waals surface area contributed by atoms with E-state index in [9.17, 15) is 15.0 Å². The van der Waals surface area contributed by atoms with E-state index in [1.54, 1.807) is 16.8 Å². The third-order valence-electron chi connectivity index (χ3n) is 5.05. The molecule has 11 heteroatoms. The number of hydrogen-bond acceptors (Lipinski definition) is 8. The van der Waals surface area contributed by atoms with Crippen LogP contribution in [0.5, 0.6) is 5.88 Å². The number of imidazole rings is 1. The molecule has 3 aromatic heterocycles. The highest BCUT2D eigenvalue weighted by molar-refractivity contribution is 5.57. The van der Waals surface area contributed by atoms with Crippen LogP contribution in [0.2, 0.25) is 0 Å². The van der Waals surface area contributed by atoms with Crippen LogP contribution >= 0.6 is 0 Å². The van der Waals surface area contributed by atoms with E-state index in [-0.39, 0.29) is 23.7 Å². The van der Waals surface area contributed by atoms with Gasteiger partial charge in [0.25, 0.3) is 5.62 Å². The van der Waals surface area contributed by atoms with Crippen LogP contribution in [0.3, 0.4) is 0 Å². The highest BCUT2D eigenvalue weighted by atomic mass is 16.3. The highest BCUT2D eigenvalue weighted by Crippen LogP contribution is 2.23. The lowest BCUT2D eigenvalue weighted by Gasteiger charge is -2.16. The van der Waals surface area contributed by atoms with Crippen LogP contribution in [0.15, 0.2) is 16.0 Å². The van der Waals surface area contributed by atoms with Gasteiger partial charge in [0.15, 0.2) is 5.65 Å². The molecule has 2 saturated carbocycles. The van der Waals surface area contributed by atoms with Gasteiger partial charge in [0.1, 0.15) is 5.69 Å². The van der Waals surface area contributed by atoms with Crippen LogP contribution in [0.1, 0.15) is 37.8 Å². The van der Waals surface area contributed by atoms with Crippen molar-refractivity contribution in [3.05, 3.63) is 33.2 Å². The maximum atomic E-state index is 11.4. The second kappa shape index (κ2) is 6.44. The Labute approximate surface area is 157 Å². The first kappa shape index (κ1) is 16.9. The monoisotopic (exact) mass is 384 g/mol. The minimum absolute atomic E-state index is 0.100. The zero-order chi connectivity index (χ0) is 19.3. The maximum Gasteiger partial charge on any atom is 0.326 e. The summed E-state index contributed by atoms with van der Waals surface area (Å²) in [6, 6.07) is 0.140. The minimum atomic E-state index is -0.503. The molecule has 3 aromatic rings. The summed E-state index contributed by atoms with van der Waals surface area (Å²) in [4.78, 5) is 29.8. The van der Waals surface area contributed by atoms with Crippen molar-refractivity contribution in [3.8, 4) is 5.88 Å². The van der Waals surface area contributed by atoms with Gasteiger partial charge in [-0.3, -0.25) is 4.98 Å². The van der Waals surface area contributed by atoms with E-state index in [1.165, 1.54) is 0 Å². The summed E-state index contributed by atoms with van der Waals surface area (Å²) in [5.41, 5.74) is 0.663. The summed E-state index contributed by atoms with van der Waals surface area (Å²) in [6.45, 7) is 0. The number of anilines is 1. The van der Waals surface area contributed by atoms with Crippen molar-refractivity contribution in [2.45, 2.75) is 50.3 Å². The SMILES string of the molecule is O=c1[nH]c(O)c(C=c2cnn3c(=NC4CC4)nc(N[C@H]4CCC[C@@H]4O)nc23)[nH]1. The summed E-state index contributed by atoms with van der Waals surface area (Å²) in [5.74, 6) is 0.119. The molecule has 0 saturated heterocycles. The highest BCUT2D eigenvalue weighted by Gasteiger charge is 2.26. The van der Waals surface area contributed by atoms with Gasteiger partial charge in [-0.05, 0) is 38.2 Å². The molecule has 2 atom stereocenters. The van der Waals surface area contributed by atoms with Crippen molar-refractivity contribution >= 4 is 17.7 Å². The predicted octanol–water partition coefficient (Wildman–Crippen LogP) is -1.22. The van der Waals surface area contributed by atoms with Crippen molar-refractivity contribution in [2.75, 3.05) is 5.32 Å². The maximum absolute atomic E-state index is 11.4. The lowest BCUT2D eigenvalue weighted by atomic mass is 10.2. The van der Waals surface area contributed by atoms with Crippen molar-refractivity contribution < 1.29 is 10.2 Å². The normalized spacial score (nSPS) is 23.8. The van der Waals surface area contributed by atoms with E-state index in [0.717, 1.165) is 32.1 Å². The van der Waals surface area contributed by atoms with E-state index in [0.29, 0.717) is 22.4 Å². The Morgan fingerprint density at radius 2 is 2.11 bits per heavy atom. The Bertz CT molecular complexity index is 1210. The lowest BCUT2D eigenvalue weighted by Crippen LogP contribution is -2.32. The molecular weight excluding hydrogens is 364 g/mol. The molecule has 0 spiro atoms. The lowest BCUT2D eigenvalue weighted by molar-refractivity contribution is 0.171. The number of aromatic amines is 2. The van der Waals surface area contributed by atoms with Gasteiger partial charge in [0.2, 0.25) is 11.8 Å². The molecule has 0 radical (unpaired) electrons. The van der Waals surface area contributed by atoms with Gasteiger partial charge in [-0.25, -0.2) is 9.79 Å². The Balaban J connectivity index is 1.65. The summed E-state index contributed by atoms with van der Waals surface area (Å²) < 4.78 is 1.54. The van der Waals surface area contributed by atoms with Crippen LogP contribution < -0.4 is 21.8 Å². The van der Waals surface area contributed by atoms with Crippen molar-refractivity contribution in [1.82, 2.24) is 29.5 Å². The molecule has 2 aliphatic rings. The first-order chi connectivity index (χ1) is 13.6. The van der Waals surface area contributed by atoms with Gasteiger partial charge < -0.3 is 20.5 Å². The quantitative estimate of drug-likeness (QED) is 0.377. The van der Waals surface area contributed by atoms with Crippen LogP contribution in [-0.4, -0.2) is 58.0 Å². The van der Waals surface area contributed by atoms with Crippen LogP contribution in [0, 0.1) is 0 Å². The average molecular weight is 384 g/mol. The first-order valence-electron chi connectivity index (χ1n) is 9.34. The van der Waals surface area contributed by atoms with Crippen molar-refractivity contribution in [1.29, 1.82) is 0 Å². The Kier molecular flexibility index (Phi) is 3.90. The number of hydrogen-bond donors (Lipinski definition) is 5. The largest absolute Gasteiger partial charge is 0.493 e. The summed E-state index contributed by atoms with van der Waals surface area (Å²) in [7, 11) is 0. The van der Waals surface area contributed by atoms with E-state index >= 15 is 0 Å². The summed E-state index contributed by atoms with van der Waals surface area (Å²) >= 11 is 0. The molecular formula is C17H20N8O3. The number of nitrogens with zero attached hydrogens (tertiary/aromatic N) is 5. The number of H-pyrrole nitrogens is 2. The van der Waals surface area contributed by atoms with E-state index in [2.05, 4.69) is 35.3 Å². The van der Waals surface area contributed by atoms with Crippen LogP contribution in [0.4, 0.5) is 5.95 Å². The zero-order valence-corrected chi connectivity index (χ0v) is 15.0. The van der Waals surface area contributed by atoms with Gasteiger partial charge >= 0.3 is 5.69 Å². The van der Waals surface area contributed by atoms with Gasteiger partial charge in [-0.2, -0.15) is 19.6 Å². The van der Waals surface area contributed by atoms with Gasteiger partial charge in [-0.1, -0.05) is 0 Å². The third-order valence-corrected chi connectivity index (χ3v) is 5.05. The predicted molar refractivity (Wildman–Crippen MR) is 98.5 cm³/mol. The number of fused-ring (bicyclic) bond motifs is 1. The molecule has 2 aliphatic carbocycles. The average Bonchev–Trinajstić information content (AvgIpc) is 3.10. The summed E-state index contributed by atoms with van der Waals surface area (Å²) in [6.07, 6.45) is 7.33. The molecule has 146 valence electrons. The molecule has 5 N–H and O–H groups in total. The van der Waals surface area contributed by atoms with E-state index in [1.807, 2.05) is 0 Å². The molecule has 28 heavy (non-hydrogen) atoms. The fraction of sp³-hybridized carbons (Fsp3) is 0.471. The van der Waals surface area contributed by atoms with Gasteiger partial charge in [0.05, 0.1) is 24.4 Å². The van der Waals surface area contributed by atoms with E-state index in [4.69, 9.17) is 0 Å². The topological polar surface area (TPSA) is 157 Å². The fourth-order valence-electron chi connectivity index (χ4n) is 3.42. The number of aromatic hydroxyl groups is 1. The number of aliphatic hydroxyl groups excluding tert-OH is 1. The van der Waals surface area contributed by atoms with Crippen molar-refractivity contribution in [2.24, 2.45) is 4.99 Å². The second-order valence-corrected chi connectivity index (χ2v) is 7.28. The van der Waals surface area contributed by atoms with Crippen LogP contribution in [0.25, 0.3) is 11.7 Å².